The molecule has 6 heteroatoms. The number of amides is 4. The SMILES string of the molecule is Cc1ccc(C(=O)CN2C(=O)C(=O)N(CC(C)C)C2=O)cc1. The van der Waals surface area contributed by atoms with Gasteiger partial charge in [0.1, 0.15) is 0 Å². The summed E-state index contributed by atoms with van der Waals surface area (Å²) in [7, 11) is 0. The van der Waals surface area contributed by atoms with Gasteiger partial charge in [-0.05, 0) is 12.8 Å². The summed E-state index contributed by atoms with van der Waals surface area (Å²) in [5.41, 5.74) is 1.41. The van der Waals surface area contributed by atoms with Gasteiger partial charge in [-0.1, -0.05) is 43.7 Å². The highest BCUT2D eigenvalue weighted by atomic mass is 16.2. The largest absolute Gasteiger partial charge is 0.334 e. The Morgan fingerprint density at radius 3 is 2.09 bits per heavy atom. The number of aryl methyl sites for hydroxylation is 1. The van der Waals surface area contributed by atoms with Crippen LogP contribution in [0, 0.1) is 12.8 Å². The molecule has 0 radical (unpaired) electrons. The maximum Gasteiger partial charge on any atom is 0.334 e. The summed E-state index contributed by atoms with van der Waals surface area (Å²) in [6, 6.07) is 6.10. The van der Waals surface area contributed by atoms with Gasteiger partial charge < -0.3 is 0 Å². The highest BCUT2D eigenvalue weighted by molar-refractivity contribution is 6.45. The molecule has 0 atom stereocenters. The van der Waals surface area contributed by atoms with E-state index in [1.165, 1.54) is 0 Å². The Hall–Kier alpha value is -2.50. The van der Waals surface area contributed by atoms with Crippen LogP contribution in [0.5, 0.6) is 0 Å². The molecule has 0 aliphatic carbocycles. The molecule has 1 fully saturated rings. The van der Waals surface area contributed by atoms with Gasteiger partial charge in [0.25, 0.3) is 0 Å². The van der Waals surface area contributed by atoms with Crippen molar-refractivity contribution in [2.75, 3.05) is 13.1 Å². The Kier molecular flexibility index (Phi) is 4.40. The summed E-state index contributed by atoms with van der Waals surface area (Å²) >= 11 is 0. The van der Waals surface area contributed by atoms with Crippen molar-refractivity contribution in [3.8, 4) is 0 Å². The molecule has 0 N–H and O–H groups in total. The third kappa shape index (κ3) is 3.05. The second-order valence-electron chi connectivity index (χ2n) is 5.77. The maximum absolute atomic E-state index is 12.2. The van der Waals surface area contributed by atoms with Gasteiger partial charge in [0.15, 0.2) is 5.78 Å². The second-order valence-corrected chi connectivity index (χ2v) is 5.77. The van der Waals surface area contributed by atoms with E-state index in [9.17, 15) is 19.2 Å². The van der Waals surface area contributed by atoms with Crippen molar-refractivity contribution in [2.24, 2.45) is 5.92 Å². The molecule has 4 amide bonds. The highest BCUT2D eigenvalue weighted by Gasteiger charge is 2.45. The summed E-state index contributed by atoms with van der Waals surface area (Å²) < 4.78 is 0. The van der Waals surface area contributed by atoms with Gasteiger partial charge in [0.05, 0.1) is 6.54 Å². The van der Waals surface area contributed by atoms with Gasteiger partial charge >= 0.3 is 17.8 Å². The van der Waals surface area contributed by atoms with E-state index in [4.69, 9.17) is 0 Å². The molecule has 1 aliphatic heterocycles. The number of urea groups is 1. The molecule has 0 unspecified atom stereocenters. The van der Waals surface area contributed by atoms with E-state index in [1.54, 1.807) is 24.3 Å². The average Bonchev–Trinajstić information content (AvgIpc) is 2.65. The normalized spacial score (nSPS) is 15.2. The number of rotatable bonds is 5. The fraction of sp³-hybridized carbons (Fsp3) is 0.375. The van der Waals surface area contributed by atoms with Crippen molar-refractivity contribution in [1.82, 2.24) is 9.80 Å². The lowest BCUT2D eigenvalue weighted by atomic mass is 10.1. The molecule has 22 heavy (non-hydrogen) atoms. The van der Waals surface area contributed by atoms with Crippen molar-refractivity contribution in [1.29, 1.82) is 0 Å². The summed E-state index contributed by atoms with van der Waals surface area (Å²) in [4.78, 5) is 49.6. The molecule has 1 aromatic carbocycles. The summed E-state index contributed by atoms with van der Waals surface area (Å²) in [5, 5.41) is 0. The number of hydrogen-bond acceptors (Lipinski definition) is 4. The number of carbonyl (C=O) groups excluding carboxylic acids is 4. The molecule has 1 aromatic rings. The molecule has 1 saturated heterocycles. The lowest BCUT2D eigenvalue weighted by molar-refractivity contribution is -0.143. The van der Waals surface area contributed by atoms with E-state index < -0.39 is 24.4 Å². The minimum Gasteiger partial charge on any atom is -0.292 e. The van der Waals surface area contributed by atoms with Crippen LogP contribution < -0.4 is 0 Å². The van der Waals surface area contributed by atoms with Crippen LogP contribution in [0.2, 0.25) is 0 Å². The van der Waals surface area contributed by atoms with Crippen LogP contribution in [0.3, 0.4) is 0 Å². The Bertz CT molecular complexity index is 634. The highest BCUT2D eigenvalue weighted by Crippen LogP contribution is 2.15. The van der Waals surface area contributed by atoms with E-state index in [-0.39, 0.29) is 18.2 Å². The molecular weight excluding hydrogens is 284 g/mol. The van der Waals surface area contributed by atoms with Gasteiger partial charge in [-0.25, -0.2) is 9.69 Å². The first-order valence-corrected chi connectivity index (χ1v) is 7.08. The maximum atomic E-state index is 12.2. The number of imide groups is 2. The Labute approximate surface area is 128 Å². The lowest BCUT2D eigenvalue weighted by Crippen LogP contribution is -2.38. The van der Waals surface area contributed by atoms with Gasteiger partial charge in [0.2, 0.25) is 0 Å². The van der Waals surface area contributed by atoms with Gasteiger partial charge in [-0.3, -0.25) is 19.3 Å². The molecule has 1 heterocycles. The van der Waals surface area contributed by atoms with Gasteiger partial charge in [-0.2, -0.15) is 0 Å². The number of carbonyl (C=O) groups is 4. The van der Waals surface area contributed by atoms with Crippen LogP contribution >= 0.6 is 0 Å². The van der Waals surface area contributed by atoms with Crippen LogP contribution in [0.25, 0.3) is 0 Å². The first-order valence-electron chi connectivity index (χ1n) is 7.08. The van der Waals surface area contributed by atoms with Crippen molar-refractivity contribution >= 4 is 23.6 Å². The van der Waals surface area contributed by atoms with Crippen molar-refractivity contribution in [3.63, 3.8) is 0 Å². The Balaban J connectivity index is 2.14. The molecule has 0 saturated carbocycles. The zero-order chi connectivity index (χ0) is 16.4. The van der Waals surface area contributed by atoms with Crippen LogP contribution in [0.15, 0.2) is 24.3 Å². The van der Waals surface area contributed by atoms with Crippen LogP contribution in [-0.4, -0.2) is 46.5 Å². The second kappa shape index (κ2) is 6.09. The Morgan fingerprint density at radius 2 is 1.55 bits per heavy atom. The van der Waals surface area contributed by atoms with E-state index in [0.717, 1.165) is 10.5 Å². The summed E-state index contributed by atoms with van der Waals surface area (Å²) in [5.74, 6) is -2.13. The lowest BCUT2D eigenvalue weighted by Gasteiger charge is -2.16. The number of ketones is 1. The quantitative estimate of drug-likeness (QED) is 0.470. The van der Waals surface area contributed by atoms with E-state index in [2.05, 4.69) is 0 Å². The standard InChI is InChI=1S/C16H18N2O4/c1-10(2)8-17-14(20)15(21)18(16(17)22)9-13(19)12-6-4-11(3)5-7-12/h4-7,10H,8-9H2,1-3H3. The molecule has 6 nitrogen and oxygen atoms in total. The van der Waals surface area contributed by atoms with Crippen LogP contribution in [0.4, 0.5) is 4.79 Å². The minimum absolute atomic E-state index is 0.0495. The molecule has 0 spiro atoms. The van der Waals surface area contributed by atoms with Crippen molar-refractivity contribution < 1.29 is 19.2 Å². The first kappa shape index (κ1) is 15.9. The molecule has 2 rings (SSSR count). The number of hydrogen-bond donors (Lipinski definition) is 0. The monoisotopic (exact) mass is 302 g/mol. The van der Waals surface area contributed by atoms with E-state index in [1.807, 2.05) is 20.8 Å². The number of benzene rings is 1. The number of Topliss-reactive ketones (excluding diaryl/α,β-unsaturated/α-hetero) is 1. The third-order valence-electron chi connectivity index (χ3n) is 3.36. The molecule has 1 aliphatic rings. The fourth-order valence-electron chi connectivity index (χ4n) is 2.19. The topological polar surface area (TPSA) is 74.8 Å². The van der Waals surface area contributed by atoms with Crippen LogP contribution in [0.1, 0.15) is 29.8 Å². The minimum atomic E-state index is -0.939. The molecule has 0 bridgehead atoms. The zero-order valence-corrected chi connectivity index (χ0v) is 12.8. The Morgan fingerprint density at radius 1 is 1.00 bits per heavy atom. The smallest absolute Gasteiger partial charge is 0.292 e. The predicted octanol–water partition coefficient (Wildman–Crippen LogP) is 1.62. The van der Waals surface area contributed by atoms with Gasteiger partial charge in [-0.15, -0.1) is 0 Å². The summed E-state index contributed by atoms with van der Waals surface area (Å²) in [6.07, 6.45) is 0. The fourth-order valence-corrected chi connectivity index (χ4v) is 2.19. The third-order valence-corrected chi connectivity index (χ3v) is 3.36. The van der Waals surface area contributed by atoms with Crippen molar-refractivity contribution in [3.05, 3.63) is 35.4 Å². The zero-order valence-electron chi connectivity index (χ0n) is 12.8. The van der Waals surface area contributed by atoms with Crippen molar-refractivity contribution in [2.45, 2.75) is 20.8 Å². The van der Waals surface area contributed by atoms with Gasteiger partial charge in [0, 0.05) is 12.1 Å². The first-order chi connectivity index (χ1) is 10.3. The average molecular weight is 302 g/mol. The molecule has 0 aromatic heterocycles. The van der Waals surface area contributed by atoms with Crippen LogP contribution in [-0.2, 0) is 9.59 Å². The predicted molar refractivity (Wildman–Crippen MR) is 79.2 cm³/mol. The van der Waals surface area contributed by atoms with E-state index in [0.29, 0.717) is 10.5 Å². The van der Waals surface area contributed by atoms with E-state index >= 15 is 0 Å². The molecular formula is C16H18N2O4. The number of nitrogens with zero attached hydrogens (tertiary/aromatic N) is 2. The molecule has 116 valence electrons. The summed E-state index contributed by atoms with van der Waals surface area (Å²) in [6.45, 7) is 5.32.